The van der Waals surface area contributed by atoms with E-state index in [9.17, 15) is 0 Å². The van der Waals surface area contributed by atoms with Gasteiger partial charge >= 0.3 is 0 Å². The summed E-state index contributed by atoms with van der Waals surface area (Å²) in [5.74, 6) is 2.32. The maximum atomic E-state index is 5.37. The Morgan fingerprint density at radius 1 is 0.920 bits per heavy atom. The number of aromatic nitrogens is 6. The summed E-state index contributed by atoms with van der Waals surface area (Å²) in [4.78, 5) is 17.2. The smallest absolute Gasteiger partial charge is 0.200 e. The summed E-state index contributed by atoms with van der Waals surface area (Å²) in [6.07, 6.45) is 4.78. The Kier molecular flexibility index (Phi) is 3.70. The molecule has 0 aliphatic rings. The Morgan fingerprint density at radius 2 is 1.76 bits per heavy atom. The van der Waals surface area contributed by atoms with Gasteiger partial charge in [0.2, 0.25) is 0 Å². The molecule has 0 fully saturated rings. The van der Waals surface area contributed by atoms with Crippen molar-refractivity contribution in [1.82, 2.24) is 29.7 Å². The van der Waals surface area contributed by atoms with Gasteiger partial charge in [0.15, 0.2) is 23.1 Å². The average Bonchev–Trinajstić information content (AvgIpc) is 3.17. The van der Waals surface area contributed by atoms with Gasteiger partial charge in [-0.2, -0.15) is 0 Å². The van der Waals surface area contributed by atoms with Crippen molar-refractivity contribution in [1.29, 1.82) is 0 Å². The molecule has 3 heterocycles. The number of hydrogen-bond donors (Lipinski definition) is 0. The van der Waals surface area contributed by atoms with Crippen LogP contribution in [-0.4, -0.2) is 43.9 Å². The molecule has 8 nitrogen and oxygen atoms in total. The molecule has 124 valence electrons. The molecule has 0 saturated heterocycles. The number of ether oxygens (including phenoxy) is 2. The Balaban J connectivity index is 1.86. The Labute approximate surface area is 143 Å². The van der Waals surface area contributed by atoms with Crippen LogP contribution < -0.4 is 9.47 Å². The molecule has 0 amide bonds. The van der Waals surface area contributed by atoms with E-state index >= 15 is 0 Å². The van der Waals surface area contributed by atoms with E-state index in [0.29, 0.717) is 28.8 Å². The van der Waals surface area contributed by atoms with Crippen molar-refractivity contribution < 1.29 is 9.47 Å². The second-order valence-corrected chi connectivity index (χ2v) is 5.15. The van der Waals surface area contributed by atoms with Gasteiger partial charge in [-0.3, -0.25) is 4.98 Å². The van der Waals surface area contributed by atoms with Gasteiger partial charge in [-0.1, -0.05) is 6.07 Å². The minimum atomic E-state index is 0.521. The fraction of sp³-hybridized carbons (Fsp3) is 0.118. The summed E-state index contributed by atoms with van der Waals surface area (Å²) in [5, 5.41) is 5.26. The van der Waals surface area contributed by atoms with Gasteiger partial charge in [0.05, 0.1) is 19.7 Å². The van der Waals surface area contributed by atoms with E-state index in [1.807, 2.05) is 24.3 Å². The molecule has 0 radical (unpaired) electrons. The van der Waals surface area contributed by atoms with Crippen LogP contribution in [0.15, 0.2) is 49.2 Å². The summed E-state index contributed by atoms with van der Waals surface area (Å²) in [7, 11) is 3.17. The van der Waals surface area contributed by atoms with Crippen molar-refractivity contribution in [3.63, 3.8) is 0 Å². The lowest BCUT2D eigenvalue weighted by Crippen LogP contribution is -2.01. The van der Waals surface area contributed by atoms with Gasteiger partial charge in [0.25, 0.3) is 0 Å². The molecule has 8 heteroatoms. The van der Waals surface area contributed by atoms with E-state index in [-0.39, 0.29) is 0 Å². The molecule has 0 unspecified atom stereocenters. The third kappa shape index (κ3) is 2.63. The lowest BCUT2D eigenvalue weighted by atomic mass is 10.2. The van der Waals surface area contributed by atoms with Crippen molar-refractivity contribution in [3.8, 4) is 28.8 Å². The minimum absolute atomic E-state index is 0.521. The number of hydrogen-bond acceptors (Lipinski definition) is 7. The van der Waals surface area contributed by atoms with Crippen LogP contribution in [0.25, 0.3) is 28.2 Å². The van der Waals surface area contributed by atoms with Gasteiger partial charge in [0, 0.05) is 17.6 Å². The van der Waals surface area contributed by atoms with Crippen LogP contribution in [0.1, 0.15) is 0 Å². The Hall–Kier alpha value is -3.55. The highest BCUT2D eigenvalue weighted by atomic mass is 16.5. The number of methoxy groups -OCH3 is 2. The number of fused-ring (bicyclic) bond motifs is 1. The molecule has 0 atom stereocenters. The quantitative estimate of drug-likeness (QED) is 0.566. The van der Waals surface area contributed by atoms with Crippen LogP contribution in [-0.2, 0) is 0 Å². The molecule has 0 spiro atoms. The van der Waals surface area contributed by atoms with Crippen LogP contribution in [0.5, 0.6) is 11.5 Å². The number of benzene rings is 1. The second kappa shape index (κ2) is 6.16. The molecular weight excluding hydrogens is 320 g/mol. The van der Waals surface area contributed by atoms with Gasteiger partial charge in [0.1, 0.15) is 18.3 Å². The zero-order valence-corrected chi connectivity index (χ0v) is 13.6. The molecule has 0 aliphatic carbocycles. The van der Waals surface area contributed by atoms with E-state index in [1.165, 1.54) is 6.33 Å². The molecule has 25 heavy (non-hydrogen) atoms. The van der Waals surface area contributed by atoms with Crippen LogP contribution in [0.4, 0.5) is 0 Å². The molecule has 0 saturated carbocycles. The van der Waals surface area contributed by atoms with Crippen LogP contribution in [0.3, 0.4) is 0 Å². The monoisotopic (exact) mass is 334 g/mol. The van der Waals surface area contributed by atoms with Crippen molar-refractivity contribution in [2.24, 2.45) is 0 Å². The summed E-state index contributed by atoms with van der Waals surface area (Å²) in [6, 6.07) is 9.21. The molecule has 4 rings (SSSR count). The summed E-state index contributed by atoms with van der Waals surface area (Å²) < 4.78 is 12.3. The number of pyridine rings is 1. The highest BCUT2D eigenvalue weighted by Gasteiger charge is 2.14. The first-order valence-corrected chi connectivity index (χ1v) is 7.50. The van der Waals surface area contributed by atoms with Gasteiger partial charge < -0.3 is 9.47 Å². The van der Waals surface area contributed by atoms with Gasteiger partial charge in [-0.25, -0.2) is 19.6 Å². The third-order valence-electron chi connectivity index (χ3n) is 3.72. The molecular formula is C17H14N6O2. The topological polar surface area (TPSA) is 87.8 Å². The van der Waals surface area contributed by atoms with Gasteiger partial charge in [-0.05, 0) is 18.2 Å². The van der Waals surface area contributed by atoms with E-state index in [1.54, 1.807) is 37.5 Å². The Bertz CT molecular complexity index is 1030. The fourth-order valence-electron chi connectivity index (χ4n) is 2.53. The molecule has 0 bridgehead atoms. The fourth-order valence-corrected chi connectivity index (χ4v) is 2.53. The summed E-state index contributed by atoms with van der Waals surface area (Å²) in [6.45, 7) is 0. The van der Waals surface area contributed by atoms with Crippen molar-refractivity contribution in [2.75, 3.05) is 14.2 Å². The number of rotatable bonds is 4. The average molecular weight is 334 g/mol. The highest BCUT2D eigenvalue weighted by molar-refractivity contribution is 5.88. The minimum Gasteiger partial charge on any atom is -0.493 e. The highest BCUT2D eigenvalue weighted by Crippen LogP contribution is 2.33. The molecule has 0 aliphatic heterocycles. The predicted octanol–water partition coefficient (Wildman–Crippen LogP) is 2.29. The summed E-state index contributed by atoms with van der Waals surface area (Å²) >= 11 is 0. The van der Waals surface area contributed by atoms with E-state index < -0.39 is 0 Å². The first-order chi connectivity index (χ1) is 12.3. The van der Waals surface area contributed by atoms with E-state index in [4.69, 9.17) is 9.47 Å². The van der Waals surface area contributed by atoms with Crippen LogP contribution in [0, 0.1) is 0 Å². The zero-order chi connectivity index (χ0) is 17.2. The first kappa shape index (κ1) is 15.0. The predicted molar refractivity (Wildman–Crippen MR) is 90.8 cm³/mol. The van der Waals surface area contributed by atoms with Gasteiger partial charge in [-0.15, -0.1) is 5.10 Å². The number of nitrogens with zero attached hydrogens (tertiary/aromatic N) is 6. The maximum absolute atomic E-state index is 5.37. The van der Waals surface area contributed by atoms with Crippen LogP contribution >= 0.6 is 0 Å². The largest absolute Gasteiger partial charge is 0.493 e. The lowest BCUT2D eigenvalue weighted by molar-refractivity contribution is 0.355. The van der Waals surface area contributed by atoms with Crippen LogP contribution in [0.2, 0.25) is 0 Å². The second-order valence-electron chi connectivity index (χ2n) is 5.15. The lowest BCUT2D eigenvalue weighted by Gasteiger charge is -2.10. The molecule has 3 aromatic heterocycles. The first-order valence-electron chi connectivity index (χ1n) is 7.50. The normalized spacial score (nSPS) is 10.8. The molecule has 4 aromatic rings. The Morgan fingerprint density at radius 3 is 2.52 bits per heavy atom. The van der Waals surface area contributed by atoms with E-state index in [0.717, 1.165) is 10.9 Å². The van der Waals surface area contributed by atoms with Crippen molar-refractivity contribution in [3.05, 3.63) is 49.2 Å². The molecule has 0 N–H and O–H groups in total. The summed E-state index contributed by atoms with van der Waals surface area (Å²) in [5.41, 5.74) is 1.41. The SMILES string of the molecule is COc1cc2ncnc(-n3cnc(-c4ccccn4)n3)c2cc1OC. The third-order valence-corrected chi connectivity index (χ3v) is 3.72. The van der Waals surface area contributed by atoms with E-state index in [2.05, 4.69) is 25.0 Å². The maximum Gasteiger partial charge on any atom is 0.200 e. The molecule has 1 aromatic carbocycles. The standard InChI is InChI=1S/C17H14N6O2/c1-24-14-7-11-13(8-15(14)25-2)19-9-20-17(11)23-10-21-16(22-23)12-5-3-4-6-18-12/h3-10H,1-2H3. The van der Waals surface area contributed by atoms with Crippen molar-refractivity contribution >= 4 is 10.9 Å². The van der Waals surface area contributed by atoms with Crippen molar-refractivity contribution in [2.45, 2.75) is 0 Å². The zero-order valence-electron chi connectivity index (χ0n) is 13.6.